The molecule has 1 aromatic carbocycles. The molecule has 0 spiro atoms. The Morgan fingerprint density at radius 3 is 2.88 bits per heavy atom. The highest BCUT2D eigenvalue weighted by Gasteiger charge is 2.13. The first-order valence-electron chi connectivity index (χ1n) is 5.69. The molecule has 1 N–H and O–H groups in total. The molecule has 0 heterocycles. The molecule has 0 bridgehead atoms. The van der Waals surface area contributed by atoms with Gasteiger partial charge in [-0.1, -0.05) is 31.2 Å². The van der Waals surface area contributed by atoms with Gasteiger partial charge in [-0.25, -0.2) is 0 Å². The highest BCUT2D eigenvalue weighted by Crippen LogP contribution is 2.25. The molecule has 17 heavy (non-hydrogen) atoms. The molecule has 0 saturated carbocycles. The second kappa shape index (κ2) is 6.74. The molecule has 0 saturated heterocycles. The van der Waals surface area contributed by atoms with Crippen molar-refractivity contribution in [3.8, 4) is 5.75 Å². The molecule has 0 aliphatic carbocycles. The van der Waals surface area contributed by atoms with E-state index in [1.54, 1.807) is 18.2 Å². The molecule has 0 unspecified atom stereocenters. The number of phenolic OH excluding ortho intramolecular Hbond substituents is 1. The summed E-state index contributed by atoms with van der Waals surface area (Å²) in [6, 6.07) is 6.96. The summed E-state index contributed by atoms with van der Waals surface area (Å²) < 4.78 is 4.68. The number of phenols is 1. The van der Waals surface area contributed by atoms with E-state index in [4.69, 9.17) is 0 Å². The third kappa shape index (κ3) is 4.31. The summed E-state index contributed by atoms with van der Waals surface area (Å²) in [5.41, 5.74) is 0.917. The summed E-state index contributed by atoms with van der Waals surface area (Å²) in [4.78, 5) is 11.3. The van der Waals surface area contributed by atoms with Crippen molar-refractivity contribution in [1.29, 1.82) is 0 Å². The van der Waals surface area contributed by atoms with Gasteiger partial charge in [0.2, 0.25) is 0 Å². The van der Waals surface area contributed by atoms with Crippen molar-refractivity contribution < 1.29 is 14.6 Å². The van der Waals surface area contributed by atoms with Crippen LogP contribution in [0.15, 0.2) is 36.4 Å². The van der Waals surface area contributed by atoms with E-state index >= 15 is 0 Å². The third-order valence-electron chi connectivity index (χ3n) is 2.52. The molecule has 0 aromatic heterocycles. The zero-order valence-corrected chi connectivity index (χ0v) is 10.2. The summed E-state index contributed by atoms with van der Waals surface area (Å²) >= 11 is 0. The zero-order valence-electron chi connectivity index (χ0n) is 10.2. The van der Waals surface area contributed by atoms with E-state index in [1.807, 2.05) is 25.1 Å². The second-order valence-corrected chi connectivity index (χ2v) is 3.82. The predicted molar refractivity (Wildman–Crippen MR) is 66.9 cm³/mol. The van der Waals surface area contributed by atoms with Gasteiger partial charge < -0.3 is 9.84 Å². The molecular formula is C14H18O3. The van der Waals surface area contributed by atoms with Crippen LogP contribution in [0.1, 0.15) is 31.2 Å². The minimum Gasteiger partial charge on any atom is -0.508 e. The SMILES string of the molecule is CC/C=C/[C@@H](CC(=O)OC)c1cccc(O)c1. The van der Waals surface area contributed by atoms with Gasteiger partial charge in [-0.15, -0.1) is 0 Å². The minimum atomic E-state index is -0.251. The highest BCUT2D eigenvalue weighted by molar-refractivity contribution is 5.70. The van der Waals surface area contributed by atoms with Gasteiger partial charge in [0.05, 0.1) is 13.5 Å². The van der Waals surface area contributed by atoms with Crippen LogP contribution in [0.3, 0.4) is 0 Å². The summed E-state index contributed by atoms with van der Waals surface area (Å²) in [5, 5.41) is 9.44. The lowest BCUT2D eigenvalue weighted by atomic mass is 9.95. The van der Waals surface area contributed by atoms with E-state index in [0.717, 1.165) is 12.0 Å². The van der Waals surface area contributed by atoms with Crippen molar-refractivity contribution in [3.63, 3.8) is 0 Å². The molecule has 0 fully saturated rings. The number of benzene rings is 1. The molecule has 3 nitrogen and oxygen atoms in total. The zero-order chi connectivity index (χ0) is 12.7. The molecule has 1 atom stereocenters. The minimum absolute atomic E-state index is 0.0468. The molecule has 0 radical (unpaired) electrons. The van der Waals surface area contributed by atoms with Crippen LogP contribution in [-0.2, 0) is 9.53 Å². The van der Waals surface area contributed by atoms with Gasteiger partial charge in [-0.2, -0.15) is 0 Å². The molecule has 1 rings (SSSR count). The van der Waals surface area contributed by atoms with Crippen molar-refractivity contribution in [1.82, 2.24) is 0 Å². The standard InChI is InChI=1S/C14H18O3/c1-3-4-6-12(10-14(16)17-2)11-7-5-8-13(15)9-11/h4-9,12,15H,3,10H2,1-2H3/b6-4+/t12-/m0/s1. The average Bonchev–Trinajstić information content (AvgIpc) is 2.34. The Kier molecular flexibility index (Phi) is 5.27. The van der Waals surface area contributed by atoms with Gasteiger partial charge in [-0.3, -0.25) is 4.79 Å². The van der Waals surface area contributed by atoms with E-state index in [2.05, 4.69) is 4.74 Å². The van der Waals surface area contributed by atoms with Crippen LogP contribution in [0.25, 0.3) is 0 Å². The number of hydrogen-bond donors (Lipinski definition) is 1. The van der Waals surface area contributed by atoms with Gasteiger partial charge in [0.1, 0.15) is 5.75 Å². The number of aromatic hydroxyl groups is 1. The topological polar surface area (TPSA) is 46.5 Å². The number of carbonyl (C=O) groups excluding carboxylic acids is 1. The molecule has 0 amide bonds. The van der Waals surface area contributed by atoms with Crippen LogP contribution in [0.5, 0.6) is 5.75 Å². The third-order valence-corrected chi connectivity index (χ3v) is 2.52. The highest BCUT2D eigenvalue weighted by atomic mass is 16.5. The quantitative estimate of drug-likeness (QED) is 0.629. The molecule has 3 heteroatoms. The van der Waals surface area contributed by atoms with E-state index in [-0.39, 0.29) is 24.1 Å². The van der Waals surface area contributed by atoms with Crippen molar-refractivity contribution in [3.05, 3.63) is 42.0 Å². The van der Waals surface area contributed by atoms with Gasteiger partial charge >= 0.3 is 5.97 Å². The lowest BCUT2D eigenvalue weighted by molar-refractivity contribution is -0.140. The summed E-state index contributed by atoms with van der Waals surface area (Å²) in [6.45, 7) is 2.04. The fourth-order valence-electron chi connectivity index (χ4n) is 1.62. The van der Waals surface area contributed by atoms with E-state index < -0.39 is 0 Å². The number of allylic oxidation sites excluding steroid dienone is 2. The fraction of sp³-hybridized carbons (Fsp3) is 0.357. The Morgan fingerprint density at radius 2 is 2.29 bits per heavy atom. The number of methoxy groups -OCH3 is 1. The van der Waals surface area contributed by atoms with Crippen LogP contribution in [0.2, 0.25) is 0 Å². The Hall–Kier alpha value is -1.77. The Bertz CT molecular complexity index is 396. The maximum atomic E-state index is 11.3. The van der Waals surface area contributed by atoms with Crippen molar-refractivity contribution in [2.45, 2.75) is 25.7 Å². The van der Waals surface area contributed by atoms with Crippen LogP contribution >= 0.6 is 0 Å². The van der Waals surface area contributed by atoms with Crippen LogP contribution in [0, 0.1) is 0 Å². The van der Waals surface area contributed by atoms with Crippen LogP contribution < -0.4 is 0 Å². The van der Waals surface area contributed by atoms with Crippen molar-refractivity contribution in [2.75, 3.05) is 7.11 Å². The van der Waals surface area contributed by atoms with E-state index in [9.17, 15) is 9.90 Å². The summed E-state index contributed by atoms with van der Waals surface area (Å²) in [5.74, 6) is -0.0872. The van der Waals surface area contributed by atoms with Crippen LogP contribution in [0.4, 0.5) is 0 Å². The number of esters is 1. The second-order valence-electron chi connectivity index (χ2n) is 3.82. The van der Waals surface area contributed by atoms with Crippen molar-refractivity contribution >= 4 is 5.97 Å². The Balaban J connectivity index is 2.89. The number of hydrogen-bond acceptors (Lipinski definition) is 3. The number of ether oxygens (including phenoxy) is 1. The Morgan fingerprint density at radius 1 is 1.53 bits per heavy atom. The molecular weight excluding hydrogens is 216 g/mol. The van der Waals surface area contributed by atoms with Gasteiger partial charge in [0.25, 0.3) is 0 Å². The number of carbonyl (C=O) groups is 1. The molecule has 0 aliphatic rings. The fourth-order valence-corrected chi connectivity index (χ4v) is 1.62. The van der Waals surface area contributed by atoms with Gasteiger partial charge in [0.15, 0.2) is 0 Å². The monoisotopic (exact) mass is 234 g/mol. The first kappa shape index (κ1) is 13.3. The normalized spacial score (nSPS) is 12.6. The van der Waals surface area contributed by atoms with Gasteiger partial charge in [0, 0.05) is 5.92 Å². The lowest BCUT2D eigenvalue weighted by Crippen LogP contribution is -2.06. The van der Waals surface area contributed by atoms with Crippen LogP contribution in [-0.4, -0.2) is 18.2 Å². The molecule has 1 aromatic rings. The summed E-state index contributed by atoms with van der Waals surface area (Å²) in [6.07, 6.45) is 5.19. The largest absolute Gasteiger partial charge is 0.508 e. The predicted octanol–water partition coefficient (Wildman–Crippen LogP) is 3.01. The van der Waals surface area contributed by atoms with E-state index in [1.165, 1.54) is 7.11 Å². The first-order chi connectivity index (χ1) is 8.17. The van der Waals surface area contributed by atoms with Crippen molar-refractivity contribution in [2.24, 2.45) is 0 Å². The number of rotatable bonds is 5. The lowest BCUT2D eigenvalue weighted by Gasteiger charge is -2.12. The average molecular weight is 234 g/mol. The molecule has 92 valence electrons. The maximum Gasteiger partial charge on any atom is 0.306 e. The van der Waals surface area contributed by atoms with E-state index in [0.29, 0.717) is 0 Å². The summed E-state index contributed by atoms with van der Waals surface area (Å²) in [7, 11) is 1.38. The first-order valence-corrected chi connectivity index (χ1v) is 5.69. The smallest absolute Gasteiger partial charge is 0.306 e. The van der Waals surface area contributed by atoms with Gasteiger partial charge in [-0.05, 0) is 24.1 Å². The maximum absolute atomic E-state index is 11.3. The Labute approximate surface area is 102 Å². The molecule has 0 aliphatic heterocycles.